The fourth-order valence-corrected chi connectivity index (χ4v) is 3.47. The van der Waals surface area contributed by atoms with Gasteiger partial charge < -0.3 is 15.0 Å². The van der Waals surface area contributed by atoms with Crippen LogP contribution >= 0.6 is 0 Å². The third-order valence-electron chi connectivity index (χ3n) is 5.20. The van der Waals surface area contributed by atoms with Crippen LogP contribution < -0.4 is 10.6 Å². The molecule has 4 rings (SSSR count). The maximum atomic E-state index is 14.1. The monoisotopic (exact) mass is 365 g/mol. The molecule has 6 heteroatoms. The zero-order valence-corrected chi connectivity index (χ0v) is 15.5. The average molecular weight is 365 g/mol. The predicted octanol–water partition coefficient (Wildman–Crippen LogP) is 2.91. The number of guanidine groups is 1. The number of nitrogens with zero attached hydrogens (tertiary/aromatic N) is 3. The highest BCUT2D eigenvalue weighted by Crippen LogP contribution is 2.48. The number of nitrogens with one attached hydrogen (secondary N) is 2. The van der Waals surface area contributed by atoms with Gasteiger partial charge in [-0.1, -0.05) is 24.3 Å². The van der Waals surface area contributed by atoms with Crippen molar-refractivity contribution < 1.29 is 4.39 Å². The Morgan fingerprint density at radius 1 is 1.19 bits per heavy atom. The minimum atomic E-state index is -0.119. The van der Waals surface area contributed by atoms with Crippen molar-refractivity contribution in [2.24, 2.45) is 4.99 Å². The molecule has 0 unspecified atom stereocenters. The van der Waals surface area contributed by atoms with E-state index in [9.17, 15) is 4.39 Å². The summed E-state index contributed by atoms with van der Waals surface area (Å²) in [6.07, 6.45) is 6.85. The lowest BCUT2D eigenvalue weighted by atomic mass is 9.95. The van der Waals surface area contributed by atoms with Gasteiger partial charge in [-0.2, -0.15) is 0 Å². The number of fused-ring (bicyclic) bond motifs is 1. The summed E-state index contributed by atoms with van der Waals surface area (Å²) in [5.41, 5.74) is 2.69. The maximum absolute atomic E-state index is 14.1. The molecular formula is C21H24FN5. The fraction of sp³-hybridized carbons (Fsp3) is 0.333. The van der Waals surface area contributed by atoms with E-state index in [0.29, 0.717) is 6.54 Å². The summed E-state index contributed by atoms with van der Waals surface area (Å²) in [6.45, 7) is 1.41. The summed E-state index contributed by atoms with van der Waals surface area (Å²) in [6, 6.07) is 13.0. The van der Waals surface area contributed by atoms with Crippen molar-refractivity contribution in [2.75, 3.05) is 20.1 Å². The SMILES string of the molecule is CN=C(NCCc1cn2ccccc2n1)NCC1(c2ccccc2F)CC1. The molecule has 0 aliphatic heterocycles. The van der Waals surface area contributed by atoms with E-state index < -0.39 is 0 Å². The lowest BCUT2D eigenvalue weighted by Gasteiger charge is -2.19. The van der Waals surface area contributed by atoms with E-state index in [1.54, 1.807) is 13.1 Å². The molecule has 0 radical (unpaired) electrons. The molecule has 3 aromatic rings. The van der Waals surface area contributed by atoms with Gasteiger partial charge in [0.2, 0.25) is 0 Å². The molecule has 0 amide bonds. The van der Waals surface area contributed by atoms with Crippen molar-refractivity contribution in [1.82, 2.24) is 20.0 Å². The summed E-state index contributed by atoms with van der Waals surface area (Å²) in [7, 11) is 1.75. The largest absolute Gasteiger partial charge is 0.356 e. The van der Waals surface area contributed by atoms with Gasteiger partial charge in [-0.25, -0.2) is 9.37 Å². The molecule has 0 bridgehead atoms. The molecule has 1 fully saturated rings. The molecule has 1 aliphatic rings. The van der Waals surface area contributed by atoms with E-state index >= 15 is 0 Å². The second-order valence-corrected chi connectivity index (χ2v) is 7.06. The zero-order valence-electron chi connectivity index (χ0n) is 15.5. The van der Waals surface area contributed by atoms with Crippen LogP contribution in [0.2, 0.25) is 0 Å². The van der Waals surface area contributed by atoms with Crippen molar-refractivity contribution in [3.8, 4) is 0 Å². The first-order valence-corrected chi connectivity index (χ1v) is 9.32. The van der Waals surface area contributed by atoms with E-state index in [1.807, 2.05) is 47.1 Å². The van der Waals surface area contributed by atoms with Crippen LogP contribution in [0.5, 0.6) is 0 Å². The topological polar surface area (TPSA) is 53.7 Å². The standard InChI is InChI=1S/C21H24FN5/c1-23-20(24-12-9-16-14-27-13-5-4-8-19(27)26-16)25-15-21(10-11-21)17-6-2-3-7-18(17)22/h2-8,13-14H,9-12,15H2,1H3,(H2,23,24,25). The number of aromatic nitrogens is 2. The fourth-order valence-electron chi connectivity index (χ4n) is 3.47. The van der Waals surface area contributed by atoms with Gasteiger partial charge in [-0.3, -0.25) is 4.99 Å². The molecule has 1 saturated carbocycles. The second-order valence-electron chi connectivity index (χ2n) is 7.06. The molecule has 0 atom stereocenters. The lowest BCUT2D eigenvalue weighted by molar-refractivity contribution is 0.559. The number of halogens is 1. The van der Waals surface area contributed by atoms with Gasteiger partial charge in [-0.15, -0.1) is 0 Å². The highest BCUT2D eigenvalue weighted by molar-refractivity contribution is 5.79. The maximum Gasteiger partial charge on any atom is 0.191 e. The molecule has 27 heavy (non-hydrogen) atoms. The van der Waals surface area contributed by atoms with E-state index in [4.69, 9.17) is 0 Å². The second kappa shape index (κ2) is 7.39. The van der Waals surface area contributed by atoms with Crippen LogP contribution in [0.25, 0.3) is 5.65 Å². The third-order valence-corrected chi connectivity index (χ3v) is 5.20. The molecular weight excluding hydrogens is 341 g/mol. The average Bonchev–Trinajstić information content (AvgIpc) is 3.35. The summed E-state index contributed by atoms with van der Waals surface area (Å²) in [5, 5.41) is 6.68. The van der Waals surface area contributed by atoms with Gasteiger partial charge in [0.05, 0.1) is 5.69 Å². The Balaban J connectivity index is 1.30. The molecule has 0 saturated heterocycles. The Labute approximate surface area is 158 Å². The highest BCUT2D eigenvalue weighted by atomic mass is 19.1. The Hall–Kier alpha value is -2.89. The minimum Gasteiger partial charge on any atom is -0.356 e. The van der Waals surface area contributed by atoms with Crippen LogP contribution in [0.1, 0.15) is 24.1 Å². The van der Waals surface area contributed by atoms with E-state index in [-0.39, 0.29) is 11.2 Å². The van der Waals surface area contributed by atoms with Crippen molar-refractivity contribution in [3.63, 3.8) is 0 Å². The summed E-state index contributed by atoms with van der Waals surface area (Å²) in [5.74, 6) is 0.618. The lowest BCUT2D eigenvalue weighted by Crippen LogP contribution is -2.42. The Kier molecular flexibility index (Phi) is 4.79. The number of pyridine rings is 1. The van der Waals surface area contributed by atoms with Gasteiger partial charge in [0.1, 0.15) is 11.5 Å². The zero-order chi connectivity index (χ0) is 18.7. The van der Waals surface area contributed by atoms with Crippen molar-refractivity contribution in [3.05, 3.63) is 71.9 Å². The first-order valence-electron chi connectivity index (χ1n) is 9.32. The predicted molar refractivity (Wildman–Crippen MR) is 106 cm³/mol. The molecule has 2 aromatic heterocycles. The summed E-state index contributed by atoms with van der Waals surface area (Å²) in [4.78, 5) is 8.89. The Morgan fingerprint density at radius 2 is 2.00 bits per heavy atom. The number of rotatable bonds is 6. The smallest absolute Gasteiger partial charge is 0.191 e. The van der Waals surface area contributed by atoms with Crippen LogP contribution in [0, 0.1) is 5.82 Å². The van der Waals surface area contributed by atoms with Crippen LogP contribution in [-0.4, -0.2) is 35.5 Å². The van der Waals surface area contributed by atoms with Crippen LogP contribution in [-0.2, 0) is 11.8 Å². The van der Waals surface area contributed by atoms with Crippen LogP contribution in [0.3, 0.4) is 0 Å². The first-order chi connectivity index (χ1) is 13.2. The first kappa shape index (κ1) is 17.5. The van der Waals surface area contributed by atoms with Crippen molar-refractivity contribution in [1.29, 1.82) is 0 Å². The van der Waals surface area contributed by atoms with Crippen LogP contribution in [0.15, 0.2) is 59.9 Å². The number of hydrogen-bond donors (Lipinski definition) is 2. The Bertz CT molecular complexity index is 925. The molecule has 5 nitrogen and oxygen atoms in total. The van der Waals surface area contributed by atoms with E-state index in [0.717, 1.165) is 48.7 Å². The molecule has 2 N–H and O–H groups in total. The minimum absolute atomic E-state index is 0.107. The summed E-state index contributed by atoms with van der Waals surface area (Å²) >= 11 is 0. The molecule has 1 aromatic carbocycles. The molecule has 1 aliphatic carbocycles. The number of imidazole rings is 1. The van der Waals surface area contributed by atoms with Gasteiger partial charge in [0.15, 0.2) is 5.96 Å². The molecule has 0 spiro atoms. The Morgan fingerprint density at radius 3 is 2.74 bits per heavy atom. The van der Waals surface area contributed by atoms with Crippen molar-refractivity contribution >= 4 is 11.6 Å². The third kappa shape index (κ3) is 3.79. The van der Waals surface area contributed by atoms with Gasteiger partial charge in [0.25, 0.3) is 0 Å². The van der Waals surface area contributed by atoms with Crippen LogP contribution in [0.4, 0.5) is 4.39 Å². The quantitative estimate of drug-likeness (QED) is 0.522. The van der Waals surface area contributed by atoms with Gasteiger partial charge in [0, 0.05) is 44.4 Å². The van der Waals surface area contributed by atoms with Crippen molar-refractivity contribution in [2.45, 2.75) is 24.7 Å². The summed E-state index contributed by atoms with van der Waals surface area (Å²) < 4.78 is 16.1. The van der Waals surface area contributed by atoms with E-state index in [1.165, 1.54) is 6.07 Å². The molecule has 2 heterocycles. The number of benzene rings is 1. The van der Waals surface area contributed by atoms with E-state index in [2.05, 4.69) is 20.6 Å². The number of aliphatic imine (C=N–C) groups is 1. The van der Waals surface area contributed by atoms with Gasteiger partial charge in [-0.05, 0) is 36.6 Å². The highest BCUT2D eigenvalue weighted by Gasteiger charge is 2.45. The van der Waals surface area contributed by atoms with Gasteiger partial charge >= 0.3 is 0 Å². The number of hydrogen-bond acceptors (Lipinski definition) is 2. The molecule has 140 valence electrons. The normalized spacial score (nSPS) is 15.7.